The molecule has 0 atom stereocenters. The summed E-state index contributed by atoms with van der Waals surface area (Å²) in [6.07, 6.45) is 4.07. The molecule has 0 unspecified atom stereocenters. The summed E-state index contributed by atoms with van der Waals surface area (Å²) in [6.45, 7) is 2.63. The summed E-state index contributed by atoms with van der Waals surface area (Å²) in [6, 6.07) is 28.1. The van der Waals surface area contributed by atoms with Crippen molar-refractivity contribution in [3.8, 4) is 11.4 Å². The molecule has 0 saturated heterocycles. The Morgan fingerprint density at radius 1 is 0.425 bits per heavy atom. The number of benzene rings is 7. The van der Waals surface area contributed by atoms with Crippen LogP contribution < -0.4 is 196 Å². The maximum atomic E-state index is 13.5. The Labute approximate surface area is 731 Å². The Balaban J connectivity index is 0.00000417. The number of carbonyl (C=O) groups excluding carboxylic acids is 2. The summed E-state index contributed by atoms with van der Waals surface area (Å²) in [5, 5.41) is 46.5. The number of H-pyrrole nitrogens is 3. The number of carboxylic acids is 2. The van der Waals surface area contributed by atoms with Crippen LogP contribution in [-0.2, 0) is 84.7 Å². The number of para-hydroxylation sites is 1. The van der Waals surface area contributed by atoms with Crippen LogP contribution in [0.3, 0.4) is 0 Å². The number of azo groups is 2. The molecular weight excluding hydrogens is 1640 g/mol. The molecule has 10 rings (SSSR count). The van der Waals surface area contributed by atoms with Gasteiger partial charge >= 0.3 is 182 Å². The minimum Gasteiger partial charge on any atom is -0.744 e. The molecule has 0 amide bonds. The zero-order chi connectivity index (χ0) is 71.7. The fraction of sp³-hybridized carbons (Fsp3) is 0.0339. The van der Waals surface area contributed by atoms with Gasteiger partial charge in [-0.3, -0.25) is 33.6 Å². The largest absolute Gasteiger partial charge is 2.00 e. The van der Waals surface area contributed by atoms with Crippen molar-refractivity contribution >= 4 is 127 Å². The average molecular weight is 1680 g/mol. The predicted molar refractivity (Wildman–Crippen MR) is 336 cm³/mol. The quantitative estimate of drug-likeness (QED) is 0.0205. The normalized spacial score (nSPS) is 12.4. The first-order valence-corrected chi connectivity index (χ1v) is 34.5. The number of nitrogens with one attached hydrogen (secondary N) is 3. The van der Waals surface area contributed by atoms with E-state index < -0.39 is 115 Å². The fourth-order valence-electron chi connectivity index (χ4n) is 9.21. The summed E-state index contributed by atoms with van der Waals surface area (Å²) in [5.74, 6) is -3.52. The summed E-state index contributed by atoms with van der Waals surface area (Å²) < 4.78 is 185. The van der Waals surface area contributed by atoms with Crippen molar-refractivity contribution < 1.29 is 267 Å². The maximum Gasteiger partial charge on any atom is 2.00 e. The molecule has 47 heteroatoms. The molecule has 0 fully saturated rings. The predicted octanol–water partition coefficient (Wildman–Crippen LogP) is -11.7. The molecule has 106 heavy (non-hydrogen) atoms. The van der Waals surface area contributed by atoms with Crippen molar-refractivity contribution in [1.82, 2.24) is 34.5 Å². The second-order valence-electron chi connectivity index (χ2n) is 20.4. The molecule has 2 radical (unpaired) electrons. The van der Waals surface area contributed by atoms with Crippen molar-refractivity contribution in [3.63, 3.8) is 0 Å². The van der Waals surface area contributed by atoms with Gasteiger partial charge in [-0.1, -0.05) is 98.8 Å². The molecule has 526 valence electrons. The fourth-order valence-corrected chi connectivity index (χ4v) is 12.5. The van der Waals surface area contributed by atoms with Crippen LogP contribution in [0.5, 0.6) is 0 Å². The number of nitrogens with zero attached hydrogens (tertiary/aromatic N) is 11. The number of carbonyl (C=O) groups is 2. The number of carboxylic acid groups (broad SMARTS) is 2. The molecule has 0 bridgehead atoms. The van der Waals surface area contributed by atoms with E-state index in [1.807, 2.05) is 0 Å². The number of hydrogen-bond acceptors (Lipinski definition) is 26. The van der Waals surface area contributed by atoms with Gasteiger partial charge in [-0.05, 0) is 107 Å². The van der Waals surface area contributed by atoms with E-state index in [-0.39, 0.29) is 272 Å². The first-order chi connectivity index (χ1) is 46.5. The van der Waals surface area contributed by atoms with Crippen LogP contribution in [0.4, 0.5) is 39.8 Å². The molecule has 0 aliphatic heterocycles. The van der Waals surface area contributed by atoms with E-state index in [9.17, 15) is 94.2 Å². The standard InChI is InChI=1S/C59H46N14O21S5.2Cu.5Na/c1-31-51(68-66-45-11-7-6-10-43(45)55(76)77)53(74)72(70-31)40-22-18-35(49(28-40)98(89,90)91)14-12-33-16-20-38(26-47(33)96(83,84)85)61-58-63-57(60-37-8-4-3-5-9-37)64-59(65-58)62-39-21-17-34(48(27-39)97(86,87)88)13-15-36-19-23-41(29-50(36)99(92,93)94)73-54(75)52(32(2)71-73)69-67-46-25-24-42(95(80,81)82)30-44(46)56(78)79;;;;;;;/h3-30H,1-2H3,(H12,60,61,62,63,64,65,66,67,70,71,74,75,76,77,78,79,80,81,82,83,84,85,86,87,88,89,90,91,92,93,94);;;;;;;/q;2*+2;5*+1/p-7/b14-12+,15-13+;;;;;;;. The Morgan fingerprint density at radius 2 is 0.783 bits per heavy atom. The van der Waals surface area contributed by atoms with Gasteiger partial charge in [-0.15, -0.1) is 31.8 Å². The molecule has 7 aromatic carbocycles. The smallest absolute Gasteiger partial charge is 0.744 e. The van der Waals surface area contributed by atoms with Crippen molar-refractivity contribution in [1.29, 1.82) is 0 Å². The number of aromatic nitrogens is 7. The van der Waals surface area contributed by atoms with Crippen molar-refractivity contribution in [3.05, 3.63) is 228 Å². The van der Waals surface area contributed by atoms with E-state index >= 15 is 0 Å². The second kappa shape index (κ2) is 38.7. The number of hydrogen-bond donors (Lipinski definition) is 5. The van der Waals surface area contributed by atoms with Gasteiger partial charge in [0.25, 0.3) is 31.4 Å². The van der Waals surface area contributed by atoms with E-state index in [1.54, 1.807) is 30.3 Å². The average Bonchev–Trinajstić information content (AvgIpc) is 1.54. The Hall–Kier alpha value is -5.82. The van der Waals surface area contributed by atoms with Crippen LogP contribution in [0.2, 0.25) is 0 Å². The zero-order valence-corrected chi connectivity index (χ0v) is 71.3. The second-order valence-corrected chi connectivity index (χ2v) is 27.3. The number of aromatic carboxylic acids is 2. The third-order valence-corrected chi connectivity index (χ3v) is 18.2. The molecule has 3 aromatic heterocycles. The van der Waals surface area contributed by atoms with E-state index in [1.165, 1.54) is 56.3 Å². The maximum absolute atomic E-state index is 13.5. The third kappa shape index (κ3) is 23.1. The molecule has 35 nitrogen and oxygen atoms in total. The first-order valence-electron chi connectivity index (χ1n) is 27.4. The number of rotatable bonds is 20. The molecule has 0 spiro atoms. The molecule has 0 aliphatic rings. The molecule has 5 N–H and O–H groups in total. The van der Waals surface area contributed by atoms with E-state index in [2.05, 4.69) is 60.6 Å². The van der Waals surface area contributed by atoms with Crippen LogP contribution in [0.25, 0.3) is 35.7 Å². The first kappa shape index (κ1) is 94.4. The zero-order valence-electron chi connectivity index (χ0n) is 55.4. The van der Waals surface area contributed by atoms with Crippen LogP contribution in [0.15, 0.2) is 215 Å². The van der Waals surface area contributed by atoms with Gasteiger partial charge in [-0.25, -0.2) is 40.2 Å². The SMILES string of the molecule is Cc1[n-]n(-c2ccc(/C=C/c3ccc(N=c4[nH]c(=Nc5ccccc5)[nH]c(=Nc5ccc(/C=C/c6ccc(-n7[n-]c(C)c(N=Nc8ccc(S(=O)(=O)[O-])cc8C(=O)[O-])c7=O)cc6S(=O)(=O)O)c(S(=O)(=O)[O-])c5)[nH]4)cc3S(=O)(=O)[O-])c(S(=O)(=O)O)c2)c(=O)c1N=Nc1ccccc1C(=O)[O-].[Cu+2].[Cu+2].[Na+].[Na+].[Na+].[Na+].[Na+]. The molecule has 10 aromatic rings. The topological polar surface area (TPSA) is 567 Å². The molecule has 0 saturated carbocycles. The summed E-state index contributed by atoms with van der Waals surface area (Å²) in [5.41, 5.74) is -7.49. The van der Waals surface area contributed by atoms with Gasteiger partial charge < -0.3 is 53.0 Å². The Morgan fingerprint density at radius 3 is 1.16 bits per heavy atom. The molecule has 3 heterocycles. The number of aryl methyl sites for hydroxylation is 2. The van der Waals surface area contributed by atoms with Crippen LogP contribution in [0.1, 0.15) is 54.4 Å². The summed E-state index contributed by atoms with van der Waals surface area (Å²) >= 11 is 0. The van der Waals surface area contributed by atoms with Crippen LogP contribution >= 0.6 is 0 Å². The minimum absolute atomic E-state index is 0. The van der Waals surface area contributed by atoms with Crippen molar-refractivity contribution in [2.45, 2.75) is 38.3 Å². The minimum atomic E-state index is -5.42. The van der Waals surface area contributed by atoms with Gasteiger partial charge in [-0.2, -0.15) is 16.8 Å². The van der Waals surface area contributed by atoms with Gasteiger partial charge in [0.2, 0.25) is 16.9 Å². The van der Waals surface area contributed by atoms with Gasteiger partial charge in [0.1, 0.15) is 51.5 Å². The van der Waals surface area contributed by atoms with E-state index in [0.29, 0.717) is 16.4 Å². The van der Waals surface area contributed by atoms with Crippen LogP contribution in [0, 0.1) is 13.8 Å². The summed E-state index contributed by atoms with van der Waals surface area (Å²) in [7, 11) is -26.3. The third-order valence-electron chi connectivity index (χ3n) is 13.7. The summed E-state index contributed by atoms with van der Waals surface area (Å²) in [4.78, 5) is 67.5. The molecule has 0 aliphatic carbocycles. The van der Waals surface area contributed by atoms with E-state index in [0.717, 1.165) is 95.7 Å². The Bertz CT molecular complexity index is 6170. The monoisotopic (exact) mass is 1680 g/mol. The van der Waals surface area contributed by atoms with Gasteiger partial charge in [0.05, 0.1) is 55.1 Å². The van der Waals surface area contributed by atoms with E-state index in [4.69, 9.17) is 0 Å². The van der Waals surface area contributed by atoms with Crippen molar-refractivity contribution in [2.24, 2.45) is 35.4 Å². The van der Waals surface area contributed by atoms with Gasteiger partial charge in [0, 0.05) is 22.5 Å². The van der Waals surface area contributed by atoms with Gasteiger partial charge in [0.15, 0.2) is 0 Å². The molecular formula is C59H39Cu2N14Na5O21S5+2. The number of aromatic amines is 3. The van der Waals surface area contributed by atoms with Crippen molar-refractivity contribution in [2.75, 3.05) is 0 Å². The Kier molecular flexibility index (Phi) is 34.5. The van der Waals surface area contributed by atoms with Crippen LogP contribution in [-0.4, -0.2) is 101 Å².